The van der Waals surface area contributed by atoms with E-state index >= 15 is 0 Å². The molecular weight excluding hydrogens is 178 g/mol. The Hall–Kier alpha value is -0.830. The van der Waals surface area contributed by atoms with Gasteiger partial charge in [0.2, 0.25) is 0 Å². The zero-order chi connectivity index (χ0) is 10.6. The third kappa shape index (κ3) is 3.50. The monoisotopic (exact) mass is 197 g/mol. The Morgan fingerprint density at radius 3 is 2.86 bits per heavy atom. The van der Waals surface area contributed by atoms with Gasteiger partial charge in [-0.1, -0.05) is 12.2 Å². The summed E-state index contributed by atoms with van der Waals surface area (Å²) in [6.07, 6.45) is 5.14. The minimum atomic E-state index is -0.750. The van der Waals surface area contributed by atoms with Crippen LogP contribution in [0, 0.1) is 5.92 Å². The van der Waals surface area contributed by atoms with Gasteiger partial charge in [0, 0.05) is 12.6 Å². The van der Waals surface area contributed by atoms with E-state index in [9.17, 15) is 4.79 Å². The highest BCUT2D eigenvalue weighted by Crippen LogP contribution is 2.19. The number of carbonyl (C=O) groups is 1. The molecule has 0 aliphatic carbocycles. The Morgan fingerprint density at radius 2 is 2.36 bits per heavy atom. The molecular formula is C11H19NO2. The highest BCUT2D eigenvalue weighted by atomic mass is 16.4. The van der Waals surface area contributed by atoms with E-state index in [4.69, 9.17) is 5.11 Å². The number of hydrogen-bond donors (Lipinski definition) is 1. The van der Waals surface area contributed by atoms with Crippen LogP contribution in [0.4, 0.5) is 0 Å². The summed E-state index contributed by atoms with van der Waals surface area (Å²) in [5.74, 6) is -0.197. The molecule has 1 atom stereocenters. The lowest BCUT2D eigenvalue weighted by molar-refractivity contribution is -0.136. The van der Waals surface area contributed by atoms with Gasteiger partial charge in [-0.25, -0.2) is 0 Å². The molecule has 80 valence electrons. The van der Waals surface area contributed by atoms with E-state index in [0.29, 0.717) is 12.0 Å². The fraction of sp³-hybridized carbons (Fsp3) is 0.727. The van der Waals surface area contributed by atoms with Crippen molar-refractivity contribution in [2.45, 2.75) is 32.7 Å². The topological polar surface area (TPSA) is 40.5 Å². The van der Waals surface area contributed by atoms with Crippen LogP contribution in [0.25, 0.3) is 0 Å². The van der Waals surface area contributed by atoms with E-state index in [1.165, 1.54) is 0 Å². The molecule has 1 saturated heterocycles. The number of carboxylic acids is 1. The van der Waals surface area contributed by atoms with E-state index in [0.717, 1.165) is 19.5 Å². The Labute approximate surface area is 85.4 Å². The summed E-state index contributed by atoms with van der Waals surface area (Å²) in [7, 11) is 0. The fourth-order valence-corrected chi connectivity index (χ4v) is 1.80. The maximum atomic E-state index is 10.3. The second-order valence-corrected chi connectivity index (χ2v) is 4.16. The number of carboxylic acid groups (broad SMARTS) is 1. The summed E-state index contributed by atoms with van der Waals surface area (Å²) in [4.78, 5) is 12.7. The average molecular weight is 197 g/mol. The van der Waals surface area contributed by atoms with Gasteiger partial charge in [-0.3, -0.25) is 4.79 Å². The summed E-state index contributed by atoms with van der Waals surface area (Å²) in [5.41, 5.74) is 0. The number of likely N-dealkylation sites (tertiary alicyclic amines) is 1. The van der Waals surface area contributed by atoms with Crippen molar-refractivity contribution in [1.82, 2.24) is 4.90 Å². The van der Waals surface area contributed by atoms with Gasteiger partial charge < -0.3 is 10.0 Å². The van der Waals surface area contributed by atoms with Crippen LogP contribution in [-0.4, -0.2) is 35.1 Å². The Morgan fingerprint density at radius 1 is 1.64 bits per heavy atom. The first-order valence-corrected chi connectivity index (χ1v) is 5.22. The molecule has 3 heteroatoms. The van der Waals surface area contributed by atoms with Gasteiger partial charge in [0.25, 0.3) is 0 Å². The average Bonchev–Trinajstić information content (AvgIpc) is 2.52. The summed E-state index contributed by atoms with van der Waals surface area (Å²) in [5, 5.41) is 8.47. The van der Waals surface area contributed by atoms with Gasteiger partial charge in [-0.2, -0.15) is 0 Å². The molecule has 1 unspecified atom stereocenters. The number of aliphatic carboxylic acids is 1. The van der Waals surface area contributed by atoms with Crippen molar-refractivity contribution in [2.75, 3.05) is 13.1 Å². The quantitative estimate of drug-likeness (QED) is 0.698. The lowest BCUT2D eigenvalue weighted by atomic mass is 10.1. The highest BCUT2D eigenvalue weighted by molar-refractivity contribution is 5.68. The Bertz CT molecular complexity index is 223. The van der Waals surface area contributed by atoms with Crippen LogP contribution in [0.15, 0.2) is 12.2 Å². The molecule has 14 heavy (non-hydrogen) atoms. The molecule has 0 radical (unpaired) electrons. The first-order chi connectivity index (χ1) is 6.59. The first kappa shape index (κ1) is 11.2. The van der Waals surface area contributed by atoms with Crippen LogP contribution in [0.1, 0.15) is 26.7 Å². The molecule has 0 aromatic carbocycles. The lowest BCUT2D eigenvalue weighted by Crippen LogP contribution is -2.27. The normalized spacial score (nSPS) is 23.8. The summed E-state index contributed by atoms with van der Waals surface area (Å²) < 4.78 is 0. The molecule has 1 rings (SSSR count). The van der Waals surface area contributed by atoms with E-state index in [-0.39, 0.29) is 6.42 Å². The summed E-state index contributed by atoms with van der Waals surface area (Å²) in [6.45, 7) is 6.61. The molecule has 1 heterocycles. The van der Waals surface area contributed by atoms with E-state index in [1.807, 2.05) is 0 Å². The lowest BCUT2D eigenvalue weighted by Gasteiger charge is -2.19. The third-order valence-electron chi connectivity index (χ3n) is 2.69. The number of hydrogen-bond acceptors (Lipinski definition) is 2. The standard InChI is InChI=1S/C11H19NO2/c1-9(2)12-7-6-10(8-12)4-3-5-11(13)14/h3-4,9-10H,5-8H2,1-2H3,(H,13,14)/b4-3-. The van der Waals surface area contributed by atoms with Crippen LogP contribution >= 0.6 is 0 Å². The smallest absolute Gasteiger partial charge is 0.307 e. The molecule has 0 saturated carbocycles. The van der Waals surface area contributed by atoms with Crippen molar-refractivity contribution in [3.63, 3.8) is 0 Å². The molecule has 3 nitrogen and oxygen atoms in total. The number of nitrogens with zero attached hydrogens (tertiary/aromatic N) is 1. The molecule has 1 fully saturated rings. The van der Waals surface area contributed by atoms with Crippen molar-refractivity contribution < 1.29 is 9.90 Å². The fourth-order valence-electron chi connectivity index (χ4n) is 1.80. The molecule has 1 aliphatic heterocycles. The van der Waals surface area contributed by atoms with Crippen LogP contribution in [0.2, 0.25) is 0 Å². The predicted octanol–water partition coefficient (Wildman–Crippen LogP) is 1.75. The first-order valence-electron chi connectivity index (χ1n) is 5.22. The molecule has 0 spiro atoms. The highest BCUT2D eigenvalue weighted by Gasteiger charge is 2.21. The third-order valence-corrected chi connectivity index (χ3v) is 2.69. The molecule has 0 amide bonds. The summed E-state index contributed by atoms with van der Waals surface area (Å²) >= 11 is 0. The molecule has 0 aromatic heterocycles. The van der Waals surface area contributed by atoms with E-state index in [1.54, 1.807) is 6.08 Å². The minimum Gasteiger partial charge on any atom is -0.481 e. The largest absolute Gasteiger partial charge is 0.481 e. The summed E-state index contributed by atoms with van der Waals surface area (Å²) in [6, 6.07) is 0.605. The van der Waals surface area contributed by atoms with Crippen LogP contribution < -0.4 is 0 Å². The van der Waals surface area contributed by atoms with E-state index in [2.05, 4.69) is 24.8 Å². The van der Waals surface area contributed by atoms with Gasteiger partial charge in [0.05, 0.1) is 6.42 Å². The number of rotatable bonds is 4. The Kier molecular flexibility index (Phi) is 4.14. The van der Waals surface area contributed by atoms with Crippen molar-refractivity contribution in [3.8, 4) is 0 Å². The SMILES string of the molecule is CC(C)N1CCC(/C=C\CC(=O)O)C1. The van der Waals surface area contributed by atoms with Crippen molar-refractivity contribution >= 4 is 5.97 Å². The second kappa shape index (κ2) is 5.15. The van der Waals surface area contributed by atoms with Gasteiger partial charge >= 0.3 is 5.97 Å². The van der Waals surface area contributed by atoms with Crippen LogP contribution in [-0.2, 0) is 4.79 Å². The van der Waals surface area contributed by atoms with Gasteiger partial charge in [-0.15, -0.1) is 0 Å². The van der Waals surface area contributed by atoms with Crippen LogP contribution in [0.3, 0.4) is 0 Å². The van der Waals surface area contributed by atoms with Gasteiger partial charge in [0.1, 0.15) is 0 Å². The molecule has 1 aliphatic rings. The molecule has 0 bridgehead atoms. The minimum absolute atomic E-state index is 0.151. The Balaban J connectivity index is 2.28. The van der Waals surface area contributed by atoms with Crippen molar-refractivity contribution in [1.29, 1.82) is 0 Å². The maximum Gasteiger partial charge on any atom is 0.307 e. The maximum absolute atomic E-state index is 10.3. The second-order valence-electron chi connectivity index (χ2n) is 4.16. The van der Waals surface area contributed by atoms with Crippen LogP contribution in [0.5, 0.6) is 0 Å². The van der Waals surface area contributed by atoms with Gasteiger partial charge in [-0.05, 0) is 32.7 Å². The predicted molar refractivity (Wildman–Crippen MR) is 56.2 cm³/mol. The zero-order valence-electron chi connectivity index (χ0n) is 8.94. The molecule has 0 aromatic rings. The van der Waals surface area contributed by atoms with Crippen molar-refractivity contribution in [2.24, 2.45) is 5.92 Å². The van der Waals surface area contributed by atoms with Gasteiger partial charge in [0.15, 0.2) is 0 Å². The molecule has 1 N–H and O–H groups in total. The van der Waals surface area contributed by atoms with E-state index < -0.39 is 5.97 Å². The van der Waals surface area contributed by atoms with Crippen molar-refractivity contribution in [3.05, 3.63) is 12.2 Å². The zero-order valence-corrected chi connectivity index (χ0v) is 8.94.